The average molecular weight is 1900 g/mol. The number of thiol groups is 1. The second kappa shape index (κ2) is 53.1. The van der Waals surface area contributed by atoms with Crippen molar-refractivity contribution < 1.29 is 114 Å². The summed E-state index contributed by atoms with van der Waals surface area (Å²) < 4.78 is 166. The summed E-state index contributed by atoms with van der Waals surface area (Å²) in [5, 5.41) is 24.8. The number of carbonyl (C=O) groups is 2. The fourth-order valence-electron chi connectivity index (χ4n) is 11.8. The first-order valence-electron chi connectivity index (χ1n) is 37.3. The first kappa shape index (κ1) is 109. The standard InChI is InChI=1S/C13H21N3O5.C12H14F3N3O5.C11H12F3N3O5.C10H15N3O4.C9H13N3O4.C7H4ClO2P.C7H8O3S.C2H7NS.H3N.H2O.2H2/c1-19-6-5-15-7-10(9-20-2)21-12(8-15)16-4-3-11(17)14-13(16)18;1-22-6-7-4-17(10(20)12(13,14)15)5-9(23-7)18-3-2-8(19)16-11(18)21;12-11(13,14)9(20)16-3-6(5-18)22-8(4-16)17-2-1-7(19)15-10(17)21;1-16-6-7-4-11-5-9(17-7)13-3-2-8(14)12-10(13)15;13-5-6-3-10-4-8(16-6)12-2-1-7(14)11-9(12)15;8-11-7(9)5-3-1-2-4-6(5)10-11;1-6-2-4-7(5-3-6)11(8,9)10;1-2-3-4;;;;/h3-4,10,12H,5-9H2,1-2H3,(H,14,17,18);2-3,7,9H,4-6H2,1H3,(H,16,19,21);1-2,6,8,18H,3-5H2,(H,15,19,21);2-3,7,9,11H,4-6H2,1H3,(H,12,14,15);1-2,6,8,10,13H,3-5H2,(H,11,14,15);1-4H;2-5H,1H3,(H,8,9,10);3-4H,2H2,1H3;1H3;1H2;2*1H. The van der Waals surface area contributed by atoms with E-state index < -0.39 is 167 Å². The number of aromatic nitrogens is 10. The number of rotatable bonds is 18. The van der Waals surface area contributed by atoms with Crippen LogP contribution in [0.2, 0.25) is 0 Å². The lowest BCUT2D eigenvalue weighted by atomic mass is 10.2. The Morgan fingerprint density at radius 3 is 1.23 bits per heavy atom. The number of para-hydroxylation sites is 1. The van der Waals surface area contributed by atoms with E-state index in [4.69, 9.17) is 72.8 Å². The van der Waals surface area contributed by atoms with Gasteiger partial charge in [0.1, 0.15) is 17.8 Å². The number of aromatic amines is 5. The van der Waals surface area contributed by atoms with Crippen molar-refractivity contribution in [1.82, 2.24) is 84.0 Å². The van der Waals surface area contributed by atoms with Gasteiger partial charge in [0, 0.05) is 158 Å². The summed E-state index contributed by atoms with van der Waals surface area (Å²) in [5.41, 5.74) is -4.24. The molecule has 0 bridgehead atoms. The molecule has 56 heteroatoms. The van der Waals surface area contributed by atoms with Crippen molar-refractivity contribution in [2.24, 2.45) is 0 Å². The van der Waals surface area contributed by atoms with Crippen molar-refractivity contribution in [1.29, 1.82) is 0 Å². The largest absolute Gasteiger partial charge is 0.471 e. The summed E-state index contributed by atoms with van der Waals surface area (Å²) in [6, 6.07) is 19.0. The Kier molecular flexibility index (Phi) is 45.7. The number of aliphatic hydroxyl groups is 2. The zero-order valence-electron chi connectivity index (χ0n) is 68.7. The number of benzene rings is 2. The highest BCUT2D eigenvalue weighted by Gasteiger charge is 2.47. The van der Waals surface area contributed by atoms with Crippen LogP contribution in [0.1, 0.15) is 46.5 Å². The topological polar surface area (TPSA) is 629 Å². The van der Waals surface area contributed by atoms with E-state index in [0.29, 0.717) is 79.9 Å². The van der Waals surface area contributed by atoms with Crippen molar-refractivity contribution in [2.75, 3.05) is 147 Å². The molecule has 5 saturated heterocycles. The Morgan fingerprint density at radius 2 is 0.866 bits per heavy atom. The van der Waals surface area contributed by atoms with Gasteiger partial charge in [-0.3, -0.25) is 100 Å². The van der Waals surface area contributed by atoms with Crippen molar-refractivity contribution in [3.05, 3.63) is 230 Å². The third kappa shape index (κ3) is 34.8. The van der Waals surface area contributed by atoms with E-state index in [9.17, 15) is 97.1 Å². The molecular weight excluding hydrogens is 1800 g/mol. The van der Waals surface area contributed by atoms with Gasteiger partial charge in [0.15, 0.2) is 38.3 Å². The van der Waals surface area contributed by atoms with E-state index in [1.165, 1.54) is 69.7 Å². The Morgan fingerprint density at radius 1 is 0.520 bits per heavy atom. The number of hydrogen-bond donors (Lipinski definition) is 13. The molecule has 2 amide bonds. The summed E-state index contributed by atoms with van der Waals surface area (Å²) in [7, 11) is 0.745. The summed E-state index contributed by atoms with van der Waals surface area (Å²) in [6.45, 7) is 7.90. The second-order valence-electron chi connectivity index (χ2n) is 26.8. The van der Waals surface area contributed by atoms with Crippen LogP contribution in [-0.2, 0) is 62.3 Å². The van der Waals surface area contributed by atoms with Gasteiger partial charge in [-0.05, 0) is 42.4 Å². The molecule has 11 unspecified atom stereocenters. The van der Waals surface area contributed by atoms with E-state index in [1.54, 1.807) is 51.7 Å². The molecule has 8 aromatic rings. The number of alkyl halides is 6. The fourth-order valence-corrected chi connectivity index (χ4v) is 13.5. The smallest absolute Gasteiger partial charge is 0.430 e. The fraction of sp³-hybridized carbons (Fsp3) is 0.507. The number of morpholine rings is 5. The summed E-state index contributed by atoms with van der Waals surface area (Å²) in [6.07, 6.45) is -9.99. The van der Waals surface area contributed by atoms with E-state index in [0.717, 1.165) is 52.3 Å². The van der Waals surface area contributed by atoms with Crippen LogP contribution in [0.15, 0.2) is 172 Å². The highest BCUT2D eigenvalue weighted by atomic mass is 35.7. The zero-order valence-corrected chi connectivity index (χ0v) is 72.0. The number of halogens is 7. The SMILES string of the molecule is CCNS.COCC1CN(C(=O)C(F)(F)F)CC(n2ccc(=O)[nH]c2=O)O1.COCC1CNCC(n2ccc(=O)[nH]c2=O)O1.COCCN1CC(COC)OC(n2ccc(=O)[nH]c2=O)C1.Cc1ccc(S(=O)(=O)O)cc1.N.O.O=C(N1CC(CO)OC(n2ccc(=O)[nH]c2=O)C1)C(F)(F)F.O=c1c2ccccc2op1Cl.O=c1ccn(C2CNCC(CO)O2)c(=O)[nH]1.[HH].[HH]. The number of methoxy groups -OCH3 is 4. The van der Waals surface area contributed by atoms with Gasteiger partial charge in [0.25, 0.3) is 43.1 Å². The number of nitrogens with zero attached hydrogens (tertiary/aromatic N) is 8. The number of fused-ring (bicyclic) bond motifs is 1. The van der Waals surface area contributed by atoms with Crippen molar-refractivity contribution in [3.63, 3.8) is 0 Å². The minimum Gasteiger partial charge on any atom is -0.430 e. The number of hydrogen-bond acceptors (Lipinski definition) is 33. The maximum Gasteiger partial charge on any atom is 0.471 e. The predicted molar refractivity (Wildman–Crippen MR) is 448 cm³/mol. The molecule has 16 N–H and O–H groups in total. The number of aliphatic hydroxyl groups excluding tert-OH is 2. The molecule has 0 spiro atoms. The van der Waals surface area contributed by atoms with Crippen molar-refractivity contribution in [2.45, 2.75) is 92.8 Å². The molecule has 5 aliphatic heterocycles. The van der Waals surface area contributed by atoms with Crippen molar-refractivity contribution >= 4 is 64.1 Å². The molecule has 13 rings (SSSR count). The van der Waals surface area contributed by atoms with Crippen LogP contribution >= 0.6 is 31.2 Å². The highest BCUT2D eigenvalue weighted by Crippen LogP contribution is 2.32. The van der Waals surface area contributed by atoms with Crippen LogP contribution in [0.3, 0.4) is 0 Å². The highest BCUT2D eigenvalue weighted by molar-refractivity contribution is 7.85. The van der Waals surface area contributed by atoms with Crippen LogP contribution in [0.4, 0.5) is 26.3 Å². The minimum absolute atomic E-state index is 0. The summed E-state index contributed by atoms with van der Waals surface area (Å²) >= 11 is 9.29. The third-order valence-electron chi connectivity index (χ3n) is 17.5. The molecule has 712 valence electrons. The Balaban J connectivity index is 0.000000509. The van der Waals surface area contributed by atoms with Crippen LogP contribution < -0.4 is 82.9 Å². The number of nitrogens with one attached hydrogen (secondary N) is 8. The maximum absolute atomic E-state index is 12.6. The minimum atomic E-state index is -5.07. The van der Waals surface area contributed by atoms with Crippen molar-refractivity contribution in [3.8, 4) is 0 Å². The molecule has 5 fully saturated rings. The van der Waals surface area contributed by atoms with Gasteiger partial charge in [-0.25, -0.2) is 24.0 Å². The van der Waals surface area contributed by atoms with E-state index >= 15 is 0 Å². The maximum atomic E-state index is 12.6. The van der Waals surface area contributed by atoms with Crippen LogP contribution in [-0.4, -0.2) is 292 Å². The van der Waals surface area contributed by atoms with Gasteiger partial charge in [-0.15, -0.1) is 0 Å². The lowest BCUT2D eigenvalue weighted by Gasteiger charge is -2.38. The molecule has 0 radical (unpaired) electrons. The van der Waals surface area contributed by atoms with Gasteiger partial charge in [-0.1, -0.05) is 49.6 Å². The lowest BCUT2D eigenvalue weighted by molar-refractivity contribution is -0.201. The second-order valence-corrected chi connectivity index (χ2v) is 30.5. The van der Waals surface area contributed by atoms with Crippen LogP contribution in [0.25, 0.3) is 11.0 Å². The monoisotopic (exact) mass is 1900 g/mol. The summed E-state index contributed by atoms with van der Waals surface area (Å²) in [4.78, 5) is 161. The number of amides is 2. The molecule has 5 aliphatic rings. The zero-order chi connectivity index (χ0) is 92.5. The van der Waals surface area contributed by atoms with E-state index in [2.05, 4.69) is 48.0 Å². The number of ether oxygens (including phenoxy) is 9. The Labute approximate surface area is 728 Å². The average Bonchev–Trinajstić information content (AvgIpc) is 1.73. The summed E-state index contributed by atoms with van der Waals surface area (Å²) in [5.74, 6) is -4.11. The van der Waals surface area contributed by atoms with Crippen LogP contribution in [0, 0.1) is 6.92 Å². The van der Waals surface area contributed by atoms with Gasteiger partial charge < -0.3 is 89.1 Å². The van der Waals surface area contributed by atoms with Gasteiger partial charge in [0.2, 0.25) is 0 Å². The normalized spacial score (nSPS) is 20.6. The molecular formula is C71H103ClF6N17O29PS2. The molecule has 46 nitrogen and oxygen atoms in total. The quantitative estimate of drug-likeness (QED) is 0.0259. The molecule has 11 heterocycles. The first-order valence-corrected chi connectivity index (χ1v) is 41.3. The molecule has 2 aromatic carbocycles. The number of carbonyl (C=O) groups excluding carboxylic acids is 2. The van der Waals surface area contributed by atoms with Crippen LogP contribution in [0.5, 0.6) is 0 Å². The first-order chi connectivity index (χ1) is 59.2. The molecule has 6 aromatic heterocycles. The molecule has 11 atom stereocenters. The van der Waals surface area contributed by atoms with Gasteiger partial charge in [-0.2, -0.15) is 34.8 Å². The third-order valence-corrected chi connectivity index (χ3v) is 20.3. The molecule has 0 saturated carbocycles. The van der Waals surface area contributed by atoms with E-state index in [-0.39, 0.29) is 62.6 Å². The Bertz CT molecular complexity index is 5590. The predicted octanol–water partition coefficient (Wildman–Crippen LogP) is -1.70. The number of aryl methyl sites for hydroxylation is 1. The molecule has 127 heavy (non-hydrogen) atoms. The molecule has 0 aliphatic carbocycles. The Hall–Kier alpha value is -10.0. The number of H-pyrrole nitrogens is 5. The lowest BCUT2D eigenvalue weighted by Crippen LogP contribution is -2.54. The van der Waals surface area contributed by atoms with Gasteiger partial charge >= 0.3 is 52.6 Å². The van der Waals surface area contributed by atoms with E-state index in [1.807, 2.05) is 29.9 Å². The van der Waals surface area contributed by atoms with Gasteiger partial charge in [0.05, 0.1) is 81.3 Å².